The summed E-state index contributed by atoms with van der Waals surface area (Å²) in [5.74, 6) is 0.569. The lowest BCUT2D eigenvalue weighted by Gasteiger charge is -2.08. The summed E-state index contributed by atoms with van der Waals surface area (Å²) in [5, 5.41) is 1.12. The van der Waals surface area contributed by atoms with Gasteiger partial charge in [-0.1, -0.05) is 24.3 Å². The molecule has 0 spiro atoms. The molecule has 0 saturated carbocycles. The minimum atomic E-state index is -0.316. The fraction of sp³-hybridized carbons (Fsp3) is 0.190. The number of hydrogen-bond acceptors (Lipinski definition) is 4. The maximum atomic E-state index is 12.0. The molecule has 4 rings (SSSR count). The van der Waals surface area contributed by atoms with Crippen molar-refractivity contribution in [2.75, 3.05) is 6.61 Å². The van der Waals surface area contributed by atoms with Crippen LogP contribution in [0.25, 0.3) is 21.9 Å². The molecule has 0 fully saturated rings. The number of hydrogen-bond donors (Lipinski definition) is 0. The molecule has 0 N–H and O–H groups in total. The van der Waals surface area contributed by atoms with Gasteiger partial charge in [0.05, 0.1) is 41.0 Å². The van der Waals surface area contributed by atoms with Crippen molar-refractivity contribution in [3.63, 3.8) is 0 Å². The molecular weight excluding hydrogens is 326 g/mol. The highest BCUT2D eigenvalue weighted by Crippen LogP contribution is 2.20. The van der Waals surface area contributed by atoms with Crippen LogP contribution in [-0.2, 0) is 11.3 Å². The molecule has 2 aromatic carbocycles. The van der Waals surface area contributed by atoms with E-state index in [2.05, 4.69) is 21.7 Å². The summed E-state index contributed by atoms with van der Waals surface area (Å²) in [6.07, 6.45) is 0. The Morgan fingerprint density at radius 3 is 2.73 bits per heavy atom. The van der Waals surface area contributed by atoms with Crippen molar-refractivity contribution >= 4 is 27.9 Å². The highest BCUT2D eigenvalue weighted by molar-refractivity contribution is 5.93. The Labute approximate surface area is 151 Å². The molecule has 0 unspecified atom stereocenters. The van der Waals surface area contributed by atoms with E-state index in [0.717, 1.165) is 33.5 Å². The van der Waals surface area contributed by atoms with Crippen LogP contribution >= 0.6 is 0 Å². The van der Waals surface area contributed by atoms with Crippen LogP contribution in [0.15, 0.2) is 54.6 Å². The number of esters is 1. The van der Waals surface area contributed by atoms with Crippen molar-refractivity contribution in [2.24, 2.45) is 0 Å². The molecule has 130 valence electrons. The fourth-order valence-electron chi connectivity index (χ4n) is 3.14. The molecule has 0 atom stereocenters. The second-order valence-electron chi connectivity index (χ2n) is 6.16. The van der Waals surface area contributed by atoms with Crippen molar-refractivity contribution in [3.05, 3.63) is 71.7 Å². The highest BCUT2D eigenvalue weighted by Gasteiger charge is 2.13. The fourth-order valence-corrected chi connectivity index (χ4v) is 3.14. The molecule has 0 aliphatic rings. The number of fused-ring (bicyclic) bond motifs is 2. The number of para-hydroxylation sites is 1. The first kappa shape index (κ1) is 16.3. The molecule has 2 heterocycles. The summed E-state index contributed by atoms with van der Waals surface area (Å²) in [6, 6.07) is 17.6. The lowest BCUT2D eigenvalue weighted by Crippen LogP contribution is -2.06. The van der Waals surface area contributed by atoms with Gasteiger partial charge in [0.1, 0.15) is 5.82 Å². The van der Waals surface area contributed by atoms with E-state index in [1.165, 1.54) is 0 Å². The van der Waals surface area contributed by atoms with Gasteiger partial charge in [-0.2, -0.15) is 0 Å². The monoisotopic (exact) mass is 345 g/mol. The second-order valence-corrected chi connectivity index (χ2v) is 6.16. The van der Waals surface area contributed by atoms with Gasteiger partial charge in [0.2, 0.25) is 0 Å². The van der Waals surface area contributed by atoms with Gasteiger partial charge in [-0.3, -0.25) is 4.98 Å². The number of pyridine rings is 1. The van der Waals surface area contributed by atoms with E-state index in [1.807, 2.05) is 43.3 Å². The zero-order chi connectivity index (χ0) is 18.1. The average Bonchev–Trinajstić information content (AvgIpc) is 2.96. The van der Waals surface area contributed by atoms with Crippen LogP contribution in [0.5, 0.6) is 0 Å². The van der Waals surface area contributed by atoms with E-state index in [-0.39, 0.29) is 5.97 Å². The predicted octanol–water partition coefficient (Wildman–Crippen LogP) is 4.12. The largest absolute Gasteiger partial charge is 0.462 e. The molecular formula is C21H19N3O2. The zero-order valence-electron chi connectivity index (χ0n) is 14.8. The molecule has 4 aromatic rings. The van der Waals surface area contributed by atoms with Crippen LogP contribution in [0.4, 0.5) is 0 Å². The summed E-state index contributed by atoms with van der Waals surface area (Å²) in [7, 11) is 0. The normalized spacial score (nSPS) is 11.2. The molecule has 0 radical (unpaired) electrons. The number of benzene rings is 2. The smallest absolute Gasteiger partial charge is 0.338 e. The summed E-state index contributed by atoms with van der Waals surface area (Å²) in [5.41, 5.74) is 4.22. The topological polar surface area (TPSA) is 57.0 Å². The first-order valence-electron chi connectivity index (χ1n) is 8.64. The number of imidazole rings is 1. The van der Waals surface area contributed by atoms with E-state index in [0.29, 0.717) is 18.7 Å². The highest BCUT2D eigenvalue weighted by atomic mass is 16.5. The third-order valence-corrected chi connectivity index (χ3v) is 4.43. The molecule has 5 nitrogen and oxygen atoms in total. The second kappa shape index (κ2) is 6.59. The Morgan fingerprint density at radius 1 is 1.04 bits per heavy atom. The van der Waals surface area contributed by atoms with Gasteiger partial charge in [0.15, 0.2) is 0 Å². The standard InChI is InChI=1S/C21H19N3O2/c1-3-26-21(25)16-9-11-19-20(12-16)24(14(2)22-19)13-17-10-8-15-6-4-5-7-18(15)23-17/h4-12H,3,13H2,1-2H3. The zero-order valence-corrected chi connectivity index (χ0v) is 14.8. The van der Waals surface area contributed by atoms with Crippen molar-refractivity contribution in [1.29, 1.82) is 0 Å². The summed E-state index contributed by atoms with van der Waals surface area (Å²) >= 11 is 0. The Bertz CT molecular complexity index is 1110. The van der Waals surface area contributed by atoms with E-state index in [9.17, 15) is 4.79 Å². The number of carbonyl (C=O) groups excluding carboxylic acids is 1. The molecule has 5 heteroatoms. The Hall–Kier alpha value is -3.21. The maximum absolute atomic E-state index is 12.0. The lowest BCUT2D eigenvalue weighted by molar-refractivity contribution is 0.0526. The van der Waals surface area contributed by atoms with Crippen LogP contribution in [0, 0.1) is 6.92 Å². The molecule has 0 amide bonds. The molecule has 0 aliphatic carbocycles. The van der Waals surface area contributed by atoms with Gasteiger partial charge in [-0.25, -0.2) is 9.78 Å². The summed E-state index contributed by atoms with van der Waals surface area (Å²) < 4.78 is 7.19. The minimum Gasteiger partial charge on any atom is -0.462 e. The molecule has 26 heavy (non-hydrogen) atoms. The molecule has 2 aromatic heterocycles. The van der Waals surface area contributed by atoms with Crippen molar-refractivity contribution in [3.8, 4) is 0 Å². The Morgan fingerprint density at radius 2 is 1.88 bits per heavy atom. The van der Waals surface area contributed by atoms with E-state index < -0.39 is 0 Å². The van der Waals surface area contributed by atoms with E-state index in [1.54, 1.807) is 13.0 Å². The lowest BCUT2D eigenvalue weighted by atomic mass is 10.2. The van der Waals surface area contributed by atoms with E-state index in [4.69, 9.17) is 9.72 Å². The third kappa shape index (κ3) is 2.92. The van der Waals surface area contributed by atoms with Crippen molar-refractivity contribution in [1.82, 2.24) is 14.5 Å². The number of rotatable bonds is 4. The summed E-state index contributed by atoms with van der Waals surface area (Å²) in [6.45, 7) is 4.72. The van der Waals surface area contributed by atoms with Gasteiger partial charge in [-0.15, -0.1) is 0 Å². The van der Waals surface area contributed by atoms with Crippen LogP contribution in [0.2, 0.25) is 0 Å². The number of ether oxygens (including phenoxy) is 1. The Kier molecular flexibility index (Phi) is 4.13. The number of carbonyl (C=O) groups is 1. The summed E-state index contributed by atoms with van der Waals surface area (Å²) in [4.78, 5) is 21.4. The van der Waals surface area contributed by atoms with Crippen LogP contribution in [-0.4, -0.2) is 27.1 Å². The van der Waals surface area contributed by atoms with Gasteiger partial charge in [0.25, 0.3) is 0 Å². The molecule has 0 bridgehead atoms. The van der Waals surface area contributed by atoms with Crippen LogP contribution in [0.3, 0.4) is 0 Å². The first-order chi connectivity index (χ1) is 12.7. The molecule has 0 aliphatic heterocycles. The number of aromatic nitrogens is 3. The minimum absolute atomic E-state index is 0.316. The third-order valence-electron chi connectivity index (χ3n) is 4.43. The quantitative estimate of drug-likeness (QED) is 0.522. The van der Waals surface area contributed by atoms with Crippen LogP contribution < -0.4 is 0 Å². The molecule has 0 saturated heterocycles. The maximum Gasteiger partial charge on any atom is 0.338 e. The van der Waals surface area contributed by atoms with Gasteiger partial charge in [0, 0.05) is 5.39 Å². The van der Waals surface area contributed by atoms with Gasteiger partial charge < -0.3 is 9.30 Å². The number of aryl methyl sites for hydroxylation is 1. The average molecular weight is 345 g/mol. The van der Waals surface area contributed by atoms with Crippen molar-refractivity contribution in [2.45, 2.75) is 20.4 Å². The van der Waals surface area contributed by atoms with Crippen molar-refractivity contribution < 1.29 is 9.53 Å². The predicted molar refractivity (Wildman–Crippen MR) is 101 cm³/mol. The first-order valence-corrected chi connectivity index (χ1v) is 8.64. The Balaban J connectivity index is 1.75. The van der Waals surface area contributed by atoms with Gasteiger partial charge in [-0.05, 0) is 44.2 Å². The number of nitrogens with zero attached hydrogens (tertiary/aromatic N) is 3. The van der Waals surface area contributed by atoms with E-state index >= 15 is 0 Å². The van der Waals surface area contributed by atoms with Crippen LogP contribution in [0.1, 0.15) is 28.8 Å². The van der Waals surface area contributed by atoms with Gasteiger partial charge >= 0.3 is 5.97 Å². The SMILES string of the molecule is CCOC(=O)c1ccc2nc(C)n(Cc3ccc4ccccc4n3)c2c1.